The van der Waals surface area contributed by atoms with Gasteiger partial charge in [0.05, 0.1) is 7.11 Å². The van der Waals surface area contributed by atoms with E-state index in [4.69, 9.17) is 11.6 Å². The summed E-state index contributed by atoms with van der Waals surface area (Å²) in [5.74, 6) is -0.738. The quantitative estimate of drug-likeness (QED) is 0.472. The van der Waals surface area contributed by atoms with Gasteiger partial charge in [0.2, 0.25) is 0 Å². The molecule has 1 heterocycles. The van der Waals surface area contributed by atoms with E-state index in [1.54, 1.807) is 22.6 Å². The van der Waals surface area contributed by atoms with Crippen LogP contribution in [0.4, 0.5) is 8.78 Å². The van der Waals surface area contributed by atoms with E-state index in [1.165, 1.54) is 6.20 Å². The first kappa shape index (κ1) is 13.6. The SMILES string of the molecule is COC(=O)c1c(C(F)F)ncc(CCl)c1I. The van der Waals surface area contributed by atoms with Crippen molar-refractivity contribution in [3.63, 3.8) is 0 Å². The van der Waals surface area contributed by atoms with Gasteiger partial charge in [0, 0.05) is 15.6 Å². The molecule has 0 saturated carbocycles. The predicted octanol–water partition coefficient (Wildman–Crippen LogP) is 3.15. The number of pyridine rings is 1. The Kier molecular flexibility index (Phi) is 4.85. The van der Waals surface area contributed by atoms with Crippen LogP contribution in [0, 0.1) is 3.57 Å². The molecule has 0 aromatic carbocycles. The third-order valence-corrected chi connectivity index (χ3v) is 3.38. The van der Waals surface area contributed by atoms with Crippen LogP contribution in [0.15, 0.2) is 6.20 Å². The molecule has 0 aliphatic heterocycles. The molecular weight excluding hydrogens is 354 g/mol. The van der Waals surface area contributed by atoms with Gasteiger partial charge in [-0.1, -0.05) is 0 Å². The second kappa shape index (κ2) is 5.72. The van der Waals surface area contributed by atoms with Gasteiger partial charge in [-0.3, -0.25) is 4.98 Å². The highest BCUT2D eigenvalue weighted by molar-refractivity contribution is 14.1. The minimum absolute atomic E-state index is 0.0960. The molecule has 0 aliphatic carbocycles. The number of rotatable bonds is 3. The number of halogens is 4. The molecule has 0 unspecified atom stereocenters. The summed E-state index contributed by atoms with van der Waals surface area (Å²) in [7, 11) is 1.13. The summed E-state index contributed by atoms with van der Waals surface area (Å²) >= 11 is 7.38. The van der Waals surface area contributed by atoms with E-state index in [0.717, 1.165) is 7.11 Å². The Morgan fingerprint density at radius 1 is 1.69 bits per heavy atom. The highest BCUT2D eigenvalue weighted by Crippen LogP contribution is 2.28. The molecule has 3 nitrogen and oxygen atoms in total. The highest BCUT2D eigenvalue weighted by Gasteiger charge is 2.25. The third-order valence-electron chi connectivity index (χ3n) is 1.86. The second-order valence-electron chi connectivity index (χ2n) is 2.78. The number of carbonyl (C=O) groups excluding carboxylic acids is 1. The number of esters is 1. The van der Waals surface area contributed by atoms with Gasteiger partial charge in [-0.2, -0.15) is 0 Å². The molecule has 0 amide bonds. The summed E-state index contributed by atoms with van der Waals surface area (Å²) < 4.78 is 30.1. The largest absolute Gasteiger partial charge is 0.465 e. The fraction of sp³-hybridized carbons (Fsp3) is 0.333. The first-order valence-electron chi connectivity index (χ1n) is 4.12. The zero-order valence-corrected chi connectivity index (χ0v) is 11.1. The van der Waals surface area contributed by atoms with Crippen LogP contribution in [0.25, 0.3) is 0 Å². The summed E-state index contributed by atoms with van der Waals surface area (Å²) in [6.07, 6.45) is -1.59. The van der Waals surface area contributed by atoms with Crippen LogP contribution < -0.4 is 0 Å². The van der Waals surface area contributed by atoms with Crippen molar-refractivity contribution in [2.75, 3.05) is 7.11 Å². The molecule has 0 aliphatic rings. The molecule has 1 aromatic heterocycles. The fourth-order valence-electron chi connectivity index (χ4n) is 1.10. The number of hydrogen-bond donors (Lipinski definition) is 0. The number of alkyl halides is 3. The standard InChI is InChI=1S/C9H7ClF2INO2/c1-16-9(15)5-6(13)4(2-10)3-14-7(5)8(11)12/h3,8H,2H2,1H3. The second-order valence-corrected chi connectivity index (χ2v) is 4.13. The van der Waals surface area contributed by atoms with Crippen molar-refractivity contribution >= 4 is 40.2 Å². The Bertz CT molecular complexity index is 415. The van der Waals surface area contributed by atoms with Gasteiger partial charge in [-0.25, -0.2) is 13.6 Å². The maximum Gasteiger partial charge on any atom is 0.341 e. The van der Waals surface area contributed by atoms with Crippen molar-refractivity contribution in [2.24, 2.45) is 0 Å². The zero-order valence-electron chi connectivity index (χ0n) is 8.14. The van der Waals surface area contributed by atoms with E-state index in [1.807, 2.05) is 0 Å². The smallest absolute Gasteiger partial charge is 0.341 e. The minimum Gasteiger partial charge on any atom is -0.465 e. The molecule has 0 atom stereocenters. The van der Waals surface area contributed by atoms with E-state index < -0.39 is 18.1 Å². The molecule has 1 rings (SSSR count). The number of nitrogens with zero attached hydrogens (tertiary/aromatic N) is 1. The first-order valence-corrected chi connectivity index (χ1v) is 5.74. The summed E-state index contributed by atoms with van der Waals surface area (Å²) in [5.41, 5.74) is -0.270. The van der Waals surface area contributed by atoms with Crippen molar-refractivity contribution in [1.29, 1.82) is 0 Å². The summed E-state index contributed by atoms with van der Waals surface area (Å²) in [5, 5.41) is 0. The van der Waals surface area contributed by atoms with Crippen LogP contribution in [0.1, 0.15) is 28.0 Å². The van der Waals surface area contributed by atoms with Crippen LogP contribution in [0.3, 0.4) is 0 Å². The number of carbonyl (C=O) groups is 1. The highest BCUT2D eigenvalue weighted by atomic mass is 127. The number of aromatic nitrogens is 1. The van der Waals surface area contributed by atoms with E-state index in [-0.39, 0.29) is 11.4 Å². The lowest BCUT2D eigenvalue weighted by Gasteiger charge is -2.10. The molecule has 16 heavy (non-hydrogen) atoms. The Morgan fingerprint density at radius 3 is 2.75 bits per heavy atom. The molecule has 0 bridgehead atoms. The van der Waals surface area contributed by atoms with Crippen LogP contribution >= 0.6 is 34.2 Å². The van der Waals surface area contributed by atoms with Gasteiger partial charge in [-0.05, 0) is 28.2 Å². The molecule has 0 N–H and O–H groups in total. The van der Waals surface area contributed by atoms with Crippen molar-refractivity contribution < 1.29 is 18.3 Å². The van der Waals surface area contributed by atoms with Crippen molar-refractivity contribution in [3.8, 4) is 0 Å². The van der Waals surface area contributed by atoms with Gasteiger partial charge in [0.25, 0.3) is 6.43 Å². The van der Waals surface area contributed by atoms with Crippen LogP contribution in [0.5, 0.6) is 0 Å². The first-order chi connectivity index (χ1) is 7.52. The average Bonchev–Trinajstić information content (AvgIpc) is 2.27. The van der Waals surface area contributed by atoms with Gasteiger partial charge < -0.3 is 4.74 Å². The number of hydrogen-bond acceptors (Lipinski definition) is 3. The van der Waals surface area contributed by atoms with Crippen molar-refractivity contribution in [2.45, 2.75) is 12.3 Å². The third kappa shape index (κ3) is 2.60. The minimum atomic E-state index is -2.83. The van der Waals surface area contributed by atoms with E-state index in [9.17, 15) is 13.6 Å². The Labute approximate surface area is 109 Å². The van der Waals surface area contributed by atoms with Crippen LogP contribution in [0.2, 0.25) is 0 Å². The molecule has 88 valence electrons. The molecule has 1 aromatic rings. The normalized spacial score (nSPS) is 10.6. The molecule has 0 radical (unpaired) electrons. The number of methoxy groups -OCH3 is 1. The van der Waals surface area contributed by atoms with Crippen LogP contribution in [-0.4, -0.2) is 18.1 Å². The Hall–Kier alpha value is -0.500. The van der Waals surface area contributed by atoms with Gasteiger partial charge in [0.15, 0.2) is 0 Å². The van der Waals surface area contributed by atoms with Crippen molar-refractivity contribution in [3.05, 3.63) is 26.6 Å². The summed E-state index contributed by atoms with van der Waals surface area (Å²) in [6, 6.07) is 0. The lowest BCUT2D eigenvalue weighted by atomic mass is 10.1. The lowest BCUT2D eigenvalue weighted by molar-refractivity contribution is 0.0585. The predicted molar refractivity (Wildman–Crippen MR) is 62.8 cm³/mol. The topological polar surface area (TPSA) is 39.2 Å². The fourth-order valence-corrected chi connectivity index (χ4v) is 2.35. The zero-order chi connectivity index (χ0) is 12.3. The summed E-state index contributed by atoms with van der Waals surface area (Å²) in [4.78, 5) is 14.9. The van der Waals surface area contributed by atoms with Gasteiger partial charge in [0.1, 0.15) is 11.3 Å². The van der Waals surface area contributed by atoms with Gasteiger partial charge >= 0.3 is 5.97 Å². The van der Waals surface area contributed by atoms with Crippen molar-refractivity contribution in [1.82, 2.24) is 4.98 Å². The van der Waals surface area contributed by atoms with E-state index in [0.29, 0.717) is 9.13 Å². The summed E-state index contributed by atoms with van der Waals surface area (Å²) in [6.45, 7) is 0. The number of ether oxygens (including phenoxy) is 1. The molecule has 0 spiro atoms. The van der Waals surface area contributed by atoms with E-state index in [2.05, 4.69) is 9.72 Å². The maximum absolute atomic E-state index is 12.6. The maximum atomic E-state index is 12.6. The lowest BCUT2D eigenvalue weighted by Crippen LogP contribution is -2.12. The molecule has 0 fully saturated rings. The average molecular weight is 362 g/mol. The monoisotopic (exact) mass is 361 g/mol. The van der Waals surface area contributed by atoms with Gasteiger partial charge in [-0.15, -0.1) is 11.6 Å². The molecule has 0 saturated heterocycles. The Balaban J connectivity index is 3.42. The van der Waals surface area contributed by atoms with E-state index >= 15 is 0 Å². The molecular formula is C9H7ClF2INO2. The molecule has 7 heteroatoms. The van der Waals surface area contributed by atoms with Crippen LogP contribution in [-0.2, 0) is 10.6 Å². The Morgan fingerprint density at radius 2 is 2.31 bits per heavy atom.